The van der Waals surface area contributed by atoms with Gasteiger partial charge in [0.2, 0.25) is 5.95 Å². The lowest BCUT2D eigenvalue weighted by atomic mass is 9.95. The lowest BCUT2D eigenvalue weighted by Gasteiger charge is -2.28. The fourth-order valence-corrected chi connectivity index (χ4v) is 3.76. The average Bonchev–Trinajstić information content (AvgIpc) is 3.06. The second-order valence-corrected chi connectivity index (χ2v) is 6.74. The molecule has 2 N–H and O–H groups in total. The highest BCUT2D eigenvalue weighted by Crippen LogP contribution is 2.33. The molecule has 1 aliphatic heterocycles. The van der Waals surface area contributed by atoms with Crippen LogP contribution in [0.3, 0.4) is 0 Å². The number of nitrogens with two attached hydrogens (primary N) is 1. The average molecular weight is 276 g/mol. The van der Waals surface area contributed by atoms with Crippen molar-refractivity contribution in [1.82, 2.24) is 9.55 Å². The fourth-order valence-electron chi connectivity index (χ4n) is 3.76. The van der Waals surface area contributed by atoms with Gasteiger partial charge >= 0.3 is 0 Å². The molecule has 0 radical (unpaired) electrons. The zero-order chi connectivity index (χ0) is 14.1. The monoisotopic (exact) mass is 276 g/mol. The number of rotatable bonds is 3. The van der Waals surface area contributed by atoms with Gasteiger partial charge in [0.15, 0.2) is 0 Å². The van der Waals surface area contributed by atoms with Crippen molar-refractivity contribution in [3.8, 4) is 0 Å². The second-order valence-electron chi connectivity index (χ2n) is 6.74. The van der Waals surface area contributed by atoms with Crippen LogP contribution in [-0.4, -0.2) is 28.7 Å². The molecule has 2 aliphatic rings. The first kappa shape index (κ1) is 13.9. The minimum absolute atomic E-state index is 0.291. The van der Waals surface area contributed by atoms with Crippen LogP contribution in [0.4, 0.5) is 5.95 Å². The quantitative estimate of drug-likeness (QED) is 0.923. The summed E-state index contributed by atoms with van der Waals surface area (Å²) in [6.45, 7) is 6.42. The van der Waals surface area contributed by atoms with Gasteiger partial charge in [-0.25, -0.2) is 4.98 Å². The Balaban J connectivity index is 1.79. The largest absolute Gasteiger partial charge is 0.342 e. The molecule has 1 aromatic heterocycles. The van der Waals surface area contributed by atoms with Gasteiger partial charge in [-0.15, -0.1) is 0 Å². The van der Waals surface area contributed by atoms with E-state index in [1.165, 1.54) is 44.5 Å². The highest BCUT2D eigenvalue weighted by Gasteiger charge is 2.29. The van der Waals surface area contributed by atoms with Gasteiger partial charge in [-0.1, -0.05) is 19.3 Å². The summed E-state index contributed by atoms with van der Waals surface area (Å²) in [6, 6.07) is 0.952. The Labute approximate surface area is 122 Å². The molecule has 1 saturated carbocycles. The van der Waals surface area contributed by atoms with E-state index in [4.69, 9.17) is 10.7 Å². The van der Waals surface area contributed by atoms with Crippen LogP contribution >= 0.6 is 0 Å². The molecule has 3 rings (SSSR count). The molecular weight excluding hydrogens is 248 g/mol. The summed E-state index contributed by atoms with van der Waals surface area (Å²) >= 11 is 0. The number of anilines is 1. The first-order valence-electron chi connectivity index (χ1n) is 8.21. The maximum Gasteiger partial charge on any atom is 0.205 e. The molecule has 112 valence electrons. The van der Waals surface area contributed by atoms with Crippen molar-refractivity contribution in [3.63, 3.8) is 0 Å². The molecule has 2 heterocycles. The third kappa shape index (κ3) is 2.71. The van der Waals surface area contributed by atoms with Gasteiger partial charge in [-0.05, 0) is 39.0 Å². The van der Waals surface area contributed by atoms with Crippen molar-refractivity contribution >= 4 is 5.95 Å². The zero-order valence-corrected chi connectivity index (χ0v) is 12.9. The lowest BCUT2D eigenvalue weighted by Crippen LogP contribution is -2.31. The number of hydrogen-bond donors (Lipinski definition) is 1. The highest BCUT2D eigenvalue weighted by molar-refractivity contribution is 5.36. The van der Waals surface area contributed by atoms with Crippen molar-refractivity contribution in [3.05, 3.63) is 11.9 Å². The van der Waals surface area contributed by atoms with E-state index in [1.54, 1.807) is 0 Å². The van der Waals surface area contributed by atoms with Gasteiger partial charge in [0.05, 0.1) is 5.69 Å². The molecule has 20 heavy (non-hydrogen) atoms. The van der Waals surface area contributed by atoms with Gasteiger partial charge in [-0.2, -0.15) is 0 Å². The summed E-state index contributed by atoms with van der Waals surface area (Å²) < 4.78 is 2.46. The number of nitrogens with zero attached hydrogens (tertiary/aromatic N) is 3. The Morgan fingerprint density at radius 2 is 2.00 bits per heavy atom. The number of aromatic nitrogens is 2. The van der Waals surface area contributed by atoms with E-state index in [1.807, 2.05) is 0 Å². The SMILES string of the molecule is Cc1cn(C2CCCCC2)c(N2CCC(C(C)N)C2)n1. The van der Waals surface area contributed by atoms with Crippen LogP contribution in [0.2, 0.25) is 0 Å². The summed E-state index contributed by atoms with van der Waals surface area (Å²) in [5.41, 5.74) is 7.22. The standard InChI is InChI=1S/C16H28N4/c1-12-10-20(15-6-4-3-5-7-15)16(18-12)19-9-8-14(11-19)13(2)17/h10,13-15H,3-9,11,17H2,1-2H3. The van der Waals surface area contributed by atoms with Crippen LogP contribution < -0.4 is 10.6 Å². The molecule has 1 saturated heterocycles. The van der Waals surface area contributed by atoms with E-state index in [0.717, 1.165) is 18.8 Å². The highest BCUT2D eigenvalue weighted by atomic mass is 15.3. The van der Waals surface area contributed by atoms with Crippen molar-refractivity contribution in [1.29, 1.82) is 0 Å². The Kier molecular flexibility index (Phi) is 4.01. The molecule has 0 aromatic carbocycles. The van der Waals surface area contributed by atoms with Gasteiger partial charge in [0, 0.05) is 31.4 Å². The van der Waals surface area contributed by atoms with Crippen LogP contribution in [0.15, 0.2) is 6.20 Å². The van der Waals surface area contributed by atoms with Crippen molar-refractivity contribution in [2.24, 2.45) is 11.7 Å². The molecule has 0 amide bonds. The van der Waals surface area contributed by atoms with Gasteiger partial charge < -0.3 is 15.2 Å². The van der Waals surface area contributed by atoms with Crippen LogP contribution in [0.25, 0.3) is 0 Å². The van der Waals surface area contributed by atoms with Gasteiger partial charge in [0.25, 0.3) is 0 Å². The first-order chi connectivity index (χ1) is 9.65. The second kappa shape index (κ2) is 5.76. The number of imidazole rings is 1. The van der Waals surface area contributed by atoms with E-state index in [0.29, 0.717) is 18.0 Å². The minimum Gasteiger partial charge on any atom is -0.342 e. The van der Waals surface area contributed by atoms with E-state index in [2.05, 4.69) is 29.5 Å². The normalized spacial score (nSPS) is 26.1. The van der Waals surface area contributed by atoms with Crippen LogP contribution in [-0.2, 0) is 0 Å². The molecule has 4 heteroatoms. The summed E-state index contributed by atoms with van der Waals surface area (Å²) in [6.07, 6.45) is 10.2. The fraction of sp³-hybridized carbons (Fsp3) is 0.812. The molecule has 1 aromatic rings. The summed E-state index contributed by atoms with van der Waals surface area (Å²) in [4.78, 5) is 7.26. The third-order valence-electron chi connectivity index (χ3n) is 5.05. The molecule has 0 bridgehead atoms. The Morgan fingerprint density at radius 1 is 1.25 bits per heavy atom. The zero-order valence-electron chi connectivity index (χ0n) is 12.9. The minimum atomic E-state index is 0.291. The van der Waals surface area contributed by atoms with E-state index < -0.39 is 0 Å². The van der Waals surface area contributed by atoms with Gasteiger partial charge in [-0.3, -0.25) is 0 Å². The molecule has 0 spiro atoms. The number of aryl methyl sites for hydroxylation is 1. The van der Waals surface area contributed by atoms with Crippen molar-refractivity contribution in [2.45, 2.75) is 64.5 Å². The molecule has 1 aliphatic carbocycles. The van der Waals surface area contributed by atoms with E-state index in [-0.39, 0.29) is 0 Å². The summed E-state index contributed by atoms with van der Waals surface area (Å²) in [5.74, 6) is 1.81. The third-order valence-corrected chi connectivity index (χ3v) is 5.05. The van der Waals surface area contributed by atoms with Crippen LogP contribution in [0.5, 0.6) is 0 Å². The Bertz CT molecular complexity index is 445. The summed E-state index contributed by atoms with van der Waals surface area (Å²) in [5, 5.41) is 0. The lowest BCUT2D eigenvalue weighted by molar-refractivity contribution is 0.353. The molecule has 2 unspecified atom stereocenters. The maximum atomic E-state index is 6.07. The molecule has 4 nitrogen and oxygen atoms in total. The Hall–Kier alpha value is -1.03. The van der Waals surface area contributed by atoms with E-state index in [9.17, 15) is 0 Å². The van der Waals surface area contributed by atoms with Crippen LogP contribution in [0.1, 0.15) is 57.2 Å². The molecule has 2 atom stereocenters. The molecule has 2 fully saturated rings. The topological polar surface area (TPSA) is 47.1 Å². The van der Waals surface area contributed by atoms with Gasteiger partial charge in [0.1, 0.15) is 0 Å². The number of hydrogen-bond acceptors (Lipinski definition) is 3. The van der Waals surface area contributed by atoms with Crippen molar-refractivity contribution in [2.75, 3.05) is 18.0 Å². The van der Waals surface area contributed by atoms with Crippen molar-refractivity contribution < 1.29 is 0 Å². The van der Waals surface area contributed by atoms with E-state index >= 15 is 0 Å². The Morgan fingerprint density at radius 3 is 2.65 bits per heavy atom. The first-order valence-corrected chi connectivity index (χ1v) is 8.21. The molecular formula is C16H28N4. The maximum absolute atomic E-state index is 6.07. The smallest absolute Gasteiger partial charge is 0.205 e. The van der Waals surface area contributed by atoms with Crippen LogP contribution in [0, 0.1) is 12.8 Å². The predicted octanol–water partition coefficient (Wildman–Crippen LogP) is 2.87. The summed E-state index contributed by atoms with van der Waals surface area (Å²) in [7, 11) is 0. The predicted molar refractivity (Wildman–Crippen MR) is 83.1 cm³/mol.